The van der Waals surface area contributed by atoms with Crippen LogP contribution in [0.1, 0.15) is 32.1 Å². The van der Waals surface area contributed by atoms with Gasteiger partial charge in [-0.25, -0.2) is 15.0 Å². The molecule has 0 aliphatic carbocycles. The minimum atomic E-state index is -0.404. The molecule has 7 aromatic rings. The van der Waals surface area contributed by atoms with Crippen molar-refractivity contribution in [1.82, 2.24) is 15.0 Å². The van der Waals surface area contributed by atoms with Crippen LogP contribution in [-0.2, 0) is 0 Å². The van der Waals surface area contributed by atoms with E-state index in [4.69, 9.17) is 9.97 Å². The molecule has 0 bridgehead atoms. The first kappa shape index (κ1) is 27.6. The number of hydrogen-bond donors (Lipinski definition) is 2. The number of hydrogen-bond acceptors (Lipinski definition) is 7. The molecule has 7 rings (SSSR count). The maximum absolute atomic E-state index is 13.0. The van der Waals surface area contributed by atoms with Crippen molar-refractivity contribution < 1.29 is 9.59 Å². The fourth-order valence-corrected chi connectivity index (χ4v) is 6.92. The number of carbonyl (C=O) groups excluding carboxylic acids is 2. The van der Waals surface area contributed by atoms with Crippen molar-refractivity contribution in [3.63, 3.8) is 0 Å². The fourth-order valence-electron chi connectivity index (χ4n) is 4.78. The molecule has 0 saturated carbocycles. The number of amides is 2. The summed E-state index contributed by atoms with van der Waals surface area (Å²) in [5, 5.41) is 7.58. The number of thiazole rings is 2. The van der Waals surface area contributed by atoms with Crippen LogP contribution in [0.5, 0.6) is 0 Å². The van der Waals surface area contributed by atoms with Crippen LogP contribution in [0.2, 0.25) is 0 Å². The van der Waals surface area contributed by atoms with E-state index >= 15 is 0 Å². The summed E-state index contributed by atoms with van der Waals surface area (Å²) in [7, 11) is 0. The molecule has 0 radical (unpaired) electrons. The Hall–Kier alpha value is -5.25. The van der Waals surface area contributed by atoms with Crippen LogP contribution in [0, 0.1) is 13.8 Å². The van der Waals surface area contributed by atoms with E-state index in [9.17, 15) is 9.59 Å². The normalized spacial score (nSPS) is 11.1. The lowest BCUT2D eigenvalue weighted by Gasteiger charge is -2.08. The van der Waals surface area contributed by atoms with Crippen molar-refractivity contribution >= 4 is 66.3 Å². The lowest BCUT2D eigenvalue weighted by molar-refractivity contribution is 0.101. The highest BCUT2D eigenvalue weighted by molar-refractivity contribution is 7.22. The molecule has 44 heavy (non-hydrogen) atoms. The number of nitrogens with one attached hydrogen (secondary N) is 2. The summed E-state index contributed by atoms with van der Waals surface area (Å²) in [5.41, 5.74) is 7.82. The molecule has 0 aliphatic rings. The minimum absolute atomic E-state index is 0.143. The Morgan fingerprint density at radius 3 is 1.41 bits per heavy atom. The highest BCUT2D eigenvalue weighted by atomic mass is 32.1. The van der Waals surface area contributed by atoms with E-state index in [2.05, 4.69) is 53.7 Å². The Kier molecular flexibility index (Phi) is 7.17. The van der Waals surface area contributed by atoms with E-state index in [0.29, 0.717) is 11.4 Å². The summed E-state index contributed by atoms with van der Waals surface area (Å²) in [6.45, 7) is 4.14. The highest BCUT2D eigenvalue weighted by Gasteiger charge is 2.14. The number of benzene rings is 4. The minimum Gasteiger partial charge on any atom is -0.321 e. The molecule has 3 aromatic heterocycles. The largest absolute Gasteiger partial charge is 0.321 e. The Bertz CT molecular complexity index is 2030. The van der Waals surface area contributed by atoms with E-state index in [0.717, 1.165) is 41.6 Å². The first-order chi connectivity index (χ1) is 21.4. The van der Waals surface area contributed by atoms with Gasteiger partial charge in [0.15, 0.2) is 0 Å². The first-order valence-corrected chi connectivity index (χ1v) is 15.6. The van der Waals surface area contributed by atoms with Crippen LogP contribution in [0.3, 0.4) is 0 Å². The van der Waals surface area contributed by atoms with Gasteiger partial charge < -0.3 is 10.6 Å². The maximum atomic E-state index is 13.0. The summed E-state index contributed by atoms with van der Waals surface area (Å²) in [6.07, 6.45) is 0. The lowest BCUT2D eigenvalue weighted by Crippen LogP contribution is -2.18. The molecule has 0 spiro atoms. The van der Waals surface area contributed by atoms with Crippen molar-refractivity contribution in [2.75, 3.05) is 10.6 Å². The number of aromatic nitrogens is 3. The van der Waals surface area contributed by atoms with Crippen molar-refractivity contribution in [3.8, 4) is 21.1 Å². The number of carbonyl (C=O) groups is 2. The van der Waals surface area contributed by atoms with Gasteiger partial charge in [0.1, 0.15) is 21.4 Å². The molecule has 214 valence electrons. The average Bonchev–Trinajstić information content (AvgIpc) is 3.65. The number of nitrogens with zero attached hydrogens (tertiary/aromatic N) is 3. The zero-order valence-electron chi connectivity index (χ0n) is 23.8. The van der Waals surface area contributed by atoms with Crippen molar-refractivity contribution in [2.45, 2.75) is 13.8 Å². The molecular formula is C35H25N5O2S2. The van der Waals surface area contributed by atoms with Crippen molar-refractivity contribution in [2.24, 2.45) is 0 Å². The van der Waals surface area contributed by atoms with E-state index in [-0.39, 0.29) is 11.4 Å². The van der Waals surface area contributed by atoms with Gasteiger partial charge in [0.05, 0.1) is 20.4 Å². The van der Waals surface area contributed by atoms with E-state index < -0.39 is 11.8 Å². The third-order valence-corrected chi connectivity index (χ3v) is 9.22. The summed E-state index contributed by atoms with van der Waals surface area (Å²) in [6, 6.07) is 32.3. The summed E-state index contributed by atoms with van der Waals surface area (Å²) in [5.74, 6) is -0.809. The van der Waals surface area contributed by atoms with Crippen LogP contribution >= 0.6 is 22.7 Å². The second-order valence-corrected chi connectivity index (χ2v) is 12.5. The summed E-state index contributed by atoms with van der Waals surface area (Å²) >= 11 is 3.28. The molecule has 4 aromatic carbocycles. The number of fused-ring (bicyclic) bond motifs is 2. The standard InChI is InChI=1S/C35H25N5O2S2/c1-20-6-16-26-30(18-20)43-34(39-26)22-8-12-24(13-9-22)36-32(41)28-4-3-5-29(38-28)33(42)37-25-14-10-23(11-15-25)35-40-27-17-7-21(2)19-31(27)44-35/h3-19H,1-2H3,(H,36,41)(H,37,42). The number of aryl methyl sites for hydroxylation is 2. The van der Waals surface area contributed by atoms with Gasteiger partial charge in [0.2, 0.25) is 0 Å². The molecule has 0 saturated heterocycles. The number of pyridine rings is 1. The molecule has 0 fully saturated rings. The van der Waals surface area contributed by atoms with Gasteiger partial charge in [-0.05, 0) is 110 Å². The number of anilines is 2. The zero-order valence-corrected chi connectivity index (χ0v) is 25.4. The smallest absolute Gasteiger partial charge is 0.274 e. The molecule has 7 nitrogen and oxygen atoms in total. The predicted molar refractivity (Wildman–Crippen MR) is 180 cm³/mol. The van der Waals surface area contributed by atoms with E-state index in [1.54, 1.807) is 40.9 Å². The van der Waals surface area contributed by atoms with Gasteiger partial charge in [-0.15, -0.1) is 22.7 Å². The van der Waals surface area contributed by atoms with Crippen LogP contribution in [0.25, 0.3) is 41.6 Å². The molecule has 2 amide bonds. The Balaban J connectivity index is 1.00. The van der Waals surface area contributed by atoms with Crippen LogP contribution < -0.4 is 10.6 Å². The van der Waals surface area contributed by atoms with Gasteiger partial charge in [0.25, 0.3) is 11.8 Å². The Labute approximate surface area is 261 Å². The average molecular weight is 612 g/mol. The van der Waals surface area contributed by atoms with Crippen LogP contribution in [0.4, 0.5) is 11.4 Å². The molecule has 9 heteroatoms. The molecule has 2 N–H and O–H groups in total. The summed E-state index contributed by atoms with van der Waals surface area (Å²) in [4.78, 5) is 39.7. The van der Waals surface area contributed by atoms with Crippen LogP contribution in [-0.4, -0.2) is 26.8 Å². The monoisotopic (exact) mass is 611 g/mol. The van der Waals surface area contributed by atoms with Gasteiger partial charge >= 0.3 is 0 Å². The second-order valence-electron chi connectivity index (χ2n) is 10.5. The Morgan fingerprint density at radius 2 is 0.977 bits per heavy atom. The van der Waals surface area contributed by atoms with Crippen LogP contribution in [0.15, 0.2) is 103 Å². The molecule has 3 heterocycles. The van der Waals surface area contributed by atoms with Crippen molar-refractivity contribution in [3.05, 3.63) is 126 Å². The van der Waals surface area contributed by atoms with Gasteiger partial charge in [0, 0.05) is 22.5 Å². The second kappa shape index (κ2) is 11.4. The predicted octanol–water partition coefficient (Wildman–Crippen LogP) is 8.76. The van der Waals surface area contributed by atoms with E-state index in [1.807, 2.05) is 60.7 Å². The van der Waals surface area contributed by atoms with Gasteiger partial charge in [-0.1, -0.05) is 18.2 Å². The fraction of sp³-hybridized carbons (Fsp3) is 0.0571. The third-order valence-electron chi connectivity index (χ3n) is 7.08. The molecule has 0 aliphatic heterocycles. The first-order valence-electron chi connectivity index (χ1n) is 13.9. The topological polar surface area (TPSA) is 96.9 Å². The molecular weight excluding hydrogens is 587 g/mol. The maximum Gasteiger partial charge on any atom is 0.274 e. The Morgan fingerprint density at radius 1 is 0.545 bits per heavy atom. The SMILES string of the molecule is Cc1ccc2nc(-c3ccc(NC(=O)c4cccc(C(=O)Nc5ccc(-c6nc7ccc(C)cc7s6)cc5)n4)cc3)sc2c1. The molecule has 0 atom stereocenters. The quantitative estimate of drug-likeness (QED) is 0.196. The summed E-state index contributed by atoms with van der Waals surface area (Å²) < 4.78 is 2.29. The number of rotatable bonds is 6. The lowest BCUT2D eigenvalue weighted by atomic mass is 10.2. The highest BCUT2D eigenvalue weighted by Crippen LogP contribution is 2.32. The zero-order chi connectivity index (χ0) is 30.2. The van der Waals surface area contributed by atoms with E-state index in [1.165, 1.54) is 11.1 Å². The van der Waals surface area contributed by atoms with Gasteiger partial charge in [-0.2, -0.15) is 0 Å². The van der Waals surface area contributed by atoms with Gasteiger partial charge in [-0.3, -0.25) is 9.59 Å². The third kappa shape index (κ3) is 5.70. The molecule has 0 unspecified atom stereocenters. The van der Waals surface area contributed by atoms with Crippen molar-refractivity contribution in [1.29, 1.82) is 0 Å².